The van der Waals surface area contributed by atoms with E-state index in [-0.39, 0.29) is 23.9 Å². The average Bonchev–Trinajstić information content (AvgIpc) is 2.80. The molecule has 0 aliphatic heterocycles. The zero-order valence-electron chi connectivity index (χ0n) is 19.9. The first-order valence-electron chi connectivity index (χ1n) is 10.5. The quantitative estimate of drug-likeness (QED) is 0.497. The zero-order valence-corrected chi connectivity index (χ0v) is 21.4. The van der Waals surface area contributed by atoms with Crippen molar-refractivity contribution in [1.29, 1.82) is 0 Å². The minimum atomic E-state index is -3.89. The molecule has 0 aliphatic carbocycles. The number of nitrogens with zero attached hydrogens (tertiary/aromatic N) is 2. The van der Waals surface area contributed by atoms with Crippen LogP contribution in [0, 0.1) is 0 Å². The van der Waals surface area contributed by atoms with Gasteiger partial charge in [0.2, 0.25) is 21.8 Å². The van der Waals surface area contributed by atoms with Crippen LogP contribution in [0.3, 0.4) is 0 Å². The standard InChI is InChI=1S/C23H30ClN3O6S/c1-6-25-23(29)16(2)26(14-17-7-9-18(24)10-8-17)22(28)15-27(34(5,30)31)20-12-11-19(32-3)13-21(20)33-4/h7-13,16H,6,14-15H2,1-5H3,(H,25,29). The Morgan fingerprint density at radius 1 is 1.09 bits per heavy atom. The molecule has 0 bridgehead atoms. The predicted octanol–water partition coefficient (Wildman–Crippen LogP) is 2.68. The molecule has 0 fully saturated rings. The number of amides is 2. The van der Waals surface area contributed by atoms with Crippen molar-refractivity contribution >= 4 is 39.1 Å². The highest BCUT2D eigenvalue weighted by atomic mass is 35.5. The van der Waals surface area contributed by atoms with Gasteiger partial charge in [-0.15, -0.1) is 0 Å². The van der Waals surface area contributed by atoms with Crippen LogP contribution in [0.25, 0.3) is 0 Å². The van der Waals surface area contributed by atoms with E-state index in [1.807, 2.05) is 0 Å². The number of anilines is 1. The number of benzene rings is 2. The maximum absolute atomic E-state index is 13.5. The number of hydrogen-bond donors (Lipinski definition) is 1. The van der Waals surface area contributed by atoms with Crippen LogP contribution >= 0.6 is 11.6 Å². The van der Waals surface area contributed by atoms with Crippen LogP contribution in [-0.2, 0) is 26.2 Å². The molecule has 0 saturated heterocycles. The van der Waals surface area contributed by atoms with Gasteiger partial charge in [-0.1, -0.05) is 23.7 Å². The van der Waals surface area contributed by atoms with E-state index < -0.39 is 28.5 Å². The molecule has 1 N–H and O–H groups in total. The molecule has 2 amide bonds. The SMILES string of the molecule is CCNC(=O)C(C)N(Cc1ccc(Cl)cc1)C(=O)CN(c1ccc(OC)cc1OC)S(C)(=O)=O. The molecule has 0 aliphatic rings. The summed E-state index contributed by atoms with van der Waals surface area (Å²) in [5.41, 5.74) is 0.915. The van der Waals surface area contributed by atoms with Crippen LogP contribution in [0.4, 0.5) is 5.69 Å². The number of sulfonamides is 1. The summed E-state index contributed by atoms with van der Waals surface area (Å²) < 4.78 is 36.8. The monoisotopic (exact) mass is 511 g/mol. The molecular weight excluding hydrogens is 482 g/mol. The molecule has 2 rings (SSSR count). The van der Waals surface area contributed by atoms with Crippen molar-refractivity contribution in [2.75, 3.05) is 37.9 Å². The first kappa shape index (κ1) is 27.3. The number of hydrogen-bond acceptors (Lipinski definition) is 6. The third kappa shape index (κ3) is 7.01. The molecule has 1 atom stereocenters. The topological polar surface area (TPSA) is 105 Å². The molecule has 2 aromatic carbocycles. The van der Waals surface area contributed by atoms with Gasteiger partial charge in [0.05, 0.1) is 26.2 Å². The number of nitrogens with one attached hydrogen (secondary N) is 1. The second-order valence-corrected chi connectivity index (χ2v) is 9.87. The van der Waals surface area contributed by atoms with Crippen molar-refractivity contribution in [3.63, 3.8) is 0 Å². The Balaban J connectivity index is 2.44. The number of methoxy groups -OCH3 is 2. The Hall–Kier alpha value is -2.98. The number of ether oxygens (including phenoxy) is 2. The van der Waals surface area contributed by atoms with Crippen molar-refractivity contribution < 1.29 is 27.5 Å². The van der Waals surface area contributed by atoms with Crippen molar-refractivity contribution in [2.45, 2.75) is 26.4 Å². The van der Waals surface area contributed by atoms with Crippen LogP contribution in [0.2, 0.25) is 5.02 Å². The van der Waals surface area contributed by atoms with Crippen LogP contribution in [0.1, 0.15) is 19.4 Å². The molecule has 1 unspecified atom stereocenters. The minimum absolute atomic E-state index is 0.0889. The third-order valence-corrected chi connectivity index (χ3v) is 6.50. The lowest BCUT2D eigenvalue weighted by molar-refractivity contribution is -0.139. The normalized spacial score (nSPS) is 11.9. The molecule has 11 heteroatoms. The lowest BCUT2D eigenvalue weighted by Gasteiger charge is -2.31. The Bertz CT molecular complexity index is 1110. The molecule has 34 heavy (non-hydrogen) atoms. The van der Waals surface area contributed by atoms with Crippen molar-refractivity contribution in [3.8, 4) is 11.5 Å². The van der Waals surface area contributed by atoms with Crippen LogP contribution in [-0.4, -0.2) is 64.7 Å². The zero-order chi connectivity index (χ0) is 25.5. The van der Waals surface area contributed by atoms with Gasteiger partial charge in [-0.25, -0.2) is 8.42 Å². The fourth-order valence-electron chi connectivity index (χ4n) is 3.28. The predicted molar refractivity (Wildman–Crippen MR) is 132 cm³/mol. The van der Waals surface area contributed by atoms with E-state index in [0.717, 1.165) is 16.1 Å². The Kier molecular flexibility index (Phi) is 9.57. The maximum Gasteiger partial charge on any atom is 0.244 e. The Morgan fingerprint density at radius 2 is 1.74 bits per heavy atom. The van der Waals surface area contributed by atoms with Crippen LogP contribution in [0.15, 0.2) is 42.5 Å². The van der Waals surface area contributed by atoms with Gasteiger partial charge in [0.25, 0.3) is 0 Å². The summed E-state index contributed by atoms with van der Waals surface area (Å²) in [5, 5.41) is 3.24. The molecule has 0 spiro atoms. The number of carbonyl (C=O) groups is 2. The van der Waals surface area contributed by atoms with Gasteiger partial charge in [0.15, 0.2) is 0 Å². The average molecular weight is 512 g/mol. The fourth-order valence-corrected chi connectivity index (χ4v) is 4.26. The highest BCUT2D eigenvalue weighted by Gasteiger charge is 2.31. The molecule has 186 valence electrons. The summed E-state index contributed by atoms with van der Waals surface area (Å²) in [6, 6.07) is 10.6. The van der Waals surface area contributed by atoms with Crippen LogP contribution in [0.5, 0.6) is 11.5 Å². The Labute approximate surface area is 205 Å². The van der Waals surface area contributed by atoms with Gasteiger partial charge < -0.3 is 19.7 Å². The van der Waals surface area contributed by atoms with E-state index in [2.05, 4.69) is 5.32 Å². The van der Waals surface area contributed by atoms with Crippen molar-refractivity contribution in [1.82, 2.24) is 10.2 Å². The molecule has 9 nitrogen and oxygen atoms in total. The number of carbonyl (C=O) groups excluding carboxylic acids is 2. The summed E-state index contributed by atoms with van der Waals surface area (Å²) in [6.45, 7) is 3.32. The van der Waals surface area contributed by atoms with E-state index in [1.165, 1.54) is 31.3 Å². The van der Waals surface area contributed by atoms with Crippen molar-refractivity contribution in [2.24, 2.45) is 0 Å². The number of rotatable bonds is 11. The first-order chi connectivity index (χ1) is 16.0. The van der Waals surface area contributed by atoms with E-state index in [0.29, 0.717) is 17.3 Å². The minimum Gasteiger partial charge on any atom is -0.497 e. The van der Waals surface area contributed by atoms with E-state index in [9.17, 15) is 18.0 Å². The molecule has 0 heterocycles. The lowest BCUT2D eigenvalue weighted by atomic mass is 10.1. The van der Waals surface area contributed by atoms with Gasteiger partial charge in [0, 0.05) is 24.2 Å². The summed E-state index contributed by atoms with van der Waals surface area (Å²) in [6.07, 6.45) is 1.00. The van der Waals surface area contributed by atoms with Gasteiger partial charge >= 0.3 is 0 Å². The summed E-state index contributed by atoms with van der Waals surface area (Å²) in [5.74, 6) is -0.219. The molecule has 0 saturated carbocycles. The van der Waals surface area contributed by atoms with Gasteiger partial charge in [0.1, 0.15) is 24.1 Å². The summed E-state index contributed by atoms with van der Waals surface area (Å²) in [4.78, 5) is 27.4. The second-order valence-electron chi connectivity index (χ2n) is 7.53. The van der Waals surface area contributed by atoms with E-state index in [4.69, 9.17) is 21.1 Å². The maximum atomic E-state index is 13.5. The largest absolute Gasteiger partial charge is 0.497 e. The number of halogens is 1. The van der Waals surface area contributed by atoms with E-state index in [1.54, 1.807) is 44.2 Å². The molecule has 0 radical (unpaired) electrons. The third-order valence-electron chi connectivity index (χ3n) is 5.12. The van der Waals surface area contributed by atoms with Gasteiger partial charge in [-0.05, 0) is 43.7 Å². The smallest absolute Gasteiger partial charge is 0.244 e. The molecular formula is C23H30ClN3O6S. The van der Waals surface area contributed by atoms with E-state index >= 15 is 0 Å². The molecule has 0 aromatic heterocycles. The summed E-state index contributed by atoms with van der Waals surface area (Å²) in [7, 11) is -1.02. The van der Waals surface area contributed by atoms with Crippen molar-refractivity contribution in [3.05, 3.63) is 53.1 Å². The van der Waals surface area contributed by atoms with Crippen LogP contribution < -0.4 is 19.1 Å². The fraction of sp³-hybridized carbons (Fsp3) is 0.391. The molecule has 2 aromatic rings. The van der Waals surface area contributed by atoms with Gasteiger partial charge in [-0.3, -0.25) is 13.9 Å². The summed E-state index contributed by atoms with van der Waals surface area (Å²) >= 11 is 5.96. The second kappa shape index (κ2) is 11.9. The number of likely N-dealkylation sites (N-methyl/N-ethyl adjacent to an activating group) is 1. The first-order valence-corrected chi connectivity index (χ1v) is 12.8. The highest BCUT2D eigenvalue weighted by molar-refractivity contribution is 7.92. The highest BCUT2D eigenvalue weighted by Crippen LogP contribution is 2.33. The Morgan fingerprint density at radius 3 is 2.26 bits per heavy atom. The lowest BCUT2D eigenvalue weighted by Crippen LogP contribution is -2.51. The van der Waals surface area contributed by atoms with Gasteiger partial charge in [-0.2, -0.15) is 0 Å².